The van der Waals surface area contributed by atoms with Crippen LogP contribution in [0.15, 0.2) is 97.1 Å². The Labute approximate surface area is 254 Å². The molecule has 0 unspecified atom stereocenters. The molecule has 9 heteroatoms. The van der Waals surface area contributed by atoms with Crippen molar-refractivity contribution < 1.29 is 18.3 Å². The van der Waals surface area contributed by atoms with Gasteiger partial charge in [0.1, 0.15) is 18.2 Å². The van der Waals surface area contributed by atoms with Gasteiger partial charge < -0.3 is 15.0 Å². The molecule has 42 heavy (non-hydrogen) atoms. The fourth-order valence-corrected chi connectivity index (χ4v) is 5.49. The largest absolute Gasteiger partial charge is 0.445 e. The van der Waals surface area contributed by atoms with Gasteiger partial charge in [0.05, 0.1) is 12.1 Å². The van der Waals surface area contributed by atoms with Gasteiger partial charge in [-0.3, -0.25) is 4.90 Å². The molecular weight excluding hydrogens is 579 g/mol. The first-order chi connectivity index (χ1) is 20.4. The molecule has 5 rings (SSSR count). The molecule has 0 spiro atoms. The number of anilines is 1. The number of carbonyl (C=O) groups is 1. The van der Waals surface area contributed by atoms with E-state index >= 15 is 0 Å². The van der Waals surface area contributed by atoms with Gasteiger partial charge in [0, 0.05) is 48.0 Å². The molecule has 1 N–H and O–H groups in total. The molecule has 218 valence electrons. The van der Waals surface area contributed by atoms with Crippen molar-refractivity contribution in [1.29, 1.82) is 0 Å². The number of halogens is 4. The first kappa shape index (κ1) is 29.8. The minimum absolute atomic E-state index is 0.0123. The predicted molar refractivity (Wildman–Crippen MR) is 163 cm³/mol. The molecule has 0 bridgehead atoms. The van der Waals surface area contributed by atoms with E-state index in [4.69, 9.17) is 27.9 Å². The second-order valence-corrected chi connectivity index (χ2v) is 11.1. The summed E-state index contributed by atoms with van der Waals surface area (Å²) in [5.74, 6) is -1.26. The summed E-state index contributed by atoms with van der Waals surface area (Å²) < 4.78 is 33.8. The number of alkyl carbamates (subject to hydrolysis) is 1. The monoisotopic (exact) mass is 609 g/mol. The van der Waals surface area contributed by atoms with Crippen LogP contribution in [0.4, 0.5) is 19.3 Å². The number of rotatable bonds is 11. The van der Waals surface area contributed by atoms with E-state index in [1.165, 1.54) is 12.1 Å². The van der Waals surface area contributed by atoms with E-state index < -0.39 is 17.7 Å². The summed E-state index contributed by atoms with van der Waals surface area (Å²) >= 11 is 12.3. The highest BCUT2D eigenvalue weighted by Gasteiger charge is 2.37. The Morgan fingerprint density at radius 1 is 0.881 bits per heavy atom. The van der Waals surface area contributed by atoms with Crippen LogP contribution >= 0.6 is 23.2 Å². The molecule has 1 heterocycles. The number of ether oxygens (including phenoxy) is 1. The zero-order valence-corrected chi connectivity index (χ0v) is 24.4. The maximum atomic E-state index is 14.2. The Morgan fingerprint density at radius 3 is 2.02 bits per heavy atom. The smallest absolute Gasteiger partial charge is 0.407 e. The van der Waals surface area contributed by atoms with Crippen LogP contribution in [-0.2, 0) is 11.3 Å². The van der Waals surface area contributed by atoms with Gasteiger partial charge in [0.2, 0.25) is 0 Å². The number of hydrogen-bond donors (Lipinski definition) is 1. The summed E-state index contributed by atoms with van der Waals surface area (Å²) in [7, 11) is 0. The second kappa shape index (κ2) is 14.0. The van der Waals surface area contributed by atoms with Gasteiger partial charge >= 0.3 is 6.09 Å². The molecule has 4 aromatic carbocycles. The first-order valence-electron chi connectivity index (χ1n) is 13.8. The van der Waals surface area contributed by atoms with Crippen molar-refractivity contribution in [3.63, 3.8) is 0 Å². The van der Waals surface area contributed by atoms with Crippen LogP contribution in [0.3, 0.4) is 0 Å². The fraction of sp³-hybridized carbons (Fsp3) is 0.242. The van der Waals surface area contributed by atoms with Crippen LogP contribution in [0.1, 0.15) is 29.2 Å². The standard InChI is InChI=1S/C33H31Cl2F2N3O2/c34-26-11-7-24(8-12-26)32(25-9-13-27(35)14-10-25)39-20-31(21-39)40(30-18-28(36)17-29(37)19-30)16-4-15-38-33(41)42-22-23-5-2-1-3-6-23/h1-3,5-14,17-19,31-32H,4,15-16,20-22H2,(H,38,41). The van der Waals surface area contributed by atoms with Crippen molar-refractivity contribution in [3.8, 4) is 0 Å². The van der Waals surface area contributed by atoms with Crippen molar-refractivity contribution in [2.45, 2.75) is 25.1 Å². The van der Waals surface area contributed by atoms with Crippen molar-refractivity contribution in [3.05, 3.63) is 135 Å². The minimum Gasteiger partial charge on any atom is -0.445 e. The van der Waals surface area contributed by atoms with Gasteiger partial charge in [-0.1, -0.05) is 77.8 Å². The number of amides is 1. The molecule has 0 saturated carbocycles. The first-order valence-corrected chi connectivity index (χ1v) is 14.5. The van der Waals surface area contributed by atoms with E-state index in [2.05, 4.69) is 10.2 Å². The molecule has 1 fully saturated rings. The fourth-order valence-electron chi connectivity index (χ4n) is 5.24. The van der Waals surface area contributed by atoms with E-state index in [1.807, 2.05) is 83.8 Å². The van der Waals surface area contributed by atoms with E-state index in [0.29, 0.717) is 48.3 Å². The highest BCUT2D eigenvalue weighted by molar-refractivity contribution is 6.30. The van der Waals surface area contributed by atoms with Crippen molar-refractivity contribution in [2.75, 3.05) is 31.1 Å². The molecule has 4 aromatic rings. The Kier molecular flexibility index (Phi) is 9.95. The average Bonchev–Trinajstić information content (AvgIpc) is 2.96. The normalized spacial score (nSPS) is 13.5. The Hall–Kier alpha value is -3.65. The average molecular weight is 611 g/mol. The Morgan fingerprint density at radius 2 is 1.45 bits per heavy atom. The third-order valence-electron chi connectivity index (χ3n) is 7.30. The van der Waals surface area contributed by atoms with Gasteiger partial charge in [-0.15, -0.1) is 0 Å². The van der Waals surface area contributed by atoms with Crippen molar-refractivity contribution in [1.82, 2.24) is 10.2 Å². The van der Waals surface area contributed by atoms with Crippen LogP contribution in [0.2, 0.25) is 10.0 Å². The van der Waals surface area contributed by atoms with E-state index in [0.717, 1.165) is 22.8 Å². The summed E-state index contributed by atoms with van der Waals surface area (Å²) in [6.45, 7) is 2.37. The highest BCUT2D eigenvalue weighted by atomic mass is 35.5. The molecule has 0 radical (unpaired) electrons. The number of carbonyl (C=O) groups excluding carboxylic acids is 1. The van der Waals surface area contributed by atoms with E-state index in [1.54, 1.807) is 0 Å². The van der Waals surface area contributed by atoms with E-state index in [-0.39, 0.29) is 18.7 Å². The van der Waals surface area contributed by atoms with Crippen LogP contribution in [0, 0.1) is 11.6 Å². The van der Waals surface area contributed by atoms with E-state index in [9.17, 15) is 13.6 Å². The molecule has 1 aliphatic rings. The lowest BCUT2D eigenvalue weighted by Crippen LogP contribution is -2.60. The summed E-state index contributed by atoms with van der Waals surface area (Å²) in [5, 5.41) is 4.09. The molecular formula is C33H31Cl2F2N3O2. The Balaban J connectivity index is 1.25. The van der Waals surface area contributed by atoms with Crippen LogP contribution < -0.4 is 10.2 Å². The predicted octanol–water partition coefficient (Wildman–Crippen LogP) is 7.87. The Bertz CT molecular complexity index is 1400. The summed E-state index contributed by atoms with van der Waals surface area (Å²) in [4.78, 5) is 16.5. The lowest BCUT2D eigenvalue weighted by Gasteiger charge is -2.50. The van der Waals surface area contributed by atoms with Gasteiger partial charge in [-0.2, -0.15) is 0 Å². The van der Waals surface area contributed by atoms with Crippen molar-refractivity contribution in [2.24, 2.45) is 0 Å². The number of nitrogens with zero attached hydrogens (tertiary/aromatic N) is 2. The van der Waals surface area contributed by atoms with Crippen LogP contribution in [-0.4, -0.2) is 43.2 Å². The molecule has 1 saturated heterocycles. The minimum atomic E-state index is -0.631. The molecule has 0 aromatic heterocycles. The zero-order valence-electron chi connectivity index (χ0n) is 22.9. The van der Waals surface area contributed by atoms with Gasteiger partial charge in [-0.05, 0) is 59.5 Å². The SMILES string of the molecule is O=C(NCCCN(c1cc(F)cc(F)c1)C1CN(C(c2ccc(Cl)cc2)c2ccc(Cl)cc2)C1)OCc1ccccc1. The summed E-state index contributed by atoms with van der Waals surface area (Å²) in [6, 6.07) is 28.5. The number of hydrogen-bond acceptors (Lipinski definition) is 4. The third-order valence-corrected chi connectivity index (χ3v) is 7.81. The third kappa shape index (κ3) is 7.79. The van der Waals surface area contributed by atoms with Gasteiger partial charge in [-0.25, -0.2) is 13.6 Å². The lowest BCUT2D eigenvalue weighted by molar-refractivity contribution is 0.108. The molecule has 0 atom stereocenters. The number of benzene rings is 4. The zero-order chi connectivity index (χ0) is 29.5. The maximum absolute atomic E-state index is 14.2. The lowest BCUT2D eigenvalue weighted by atomic mass is 9.92. The topological polar surface area (TPSA) is 44.8 Å². The van der Waals surface area contributed by atoms with Crippen molar-refractivity contribution >= 4 is 35.0 Å². The molecule has 5 nitrogen and oxygen atoms in total. The number of nitrogens with one attached hydrogen (secondary N) is 1. The van der Waals surface area contributed by atoms with Gasteiger partial charge in [0.15, 0.2) is 0 Å². The van der Waals surface area contributed by atoms with Crippen LogP contribution in [0.25, 0.3) is 0 Å². The molecule has 1 amide bonds. The number of likely N-dealkylation sites (tertiary alicyclic amines) is 1. The van der Waals surface area contributed by atoms with Crippen LogP contribution in [0.5, 0.6) is 0 Å². The second-order valence-electron chi connectivity index (χ2n) is 10.3. The maximum Gasteiger partial charge on any atom is 0.407 e. The molecule has 1 aliphatic heterocycles. The van der Waals surface area contributed by atoms with Gasteiger partial charge in [0.25, 0.3) is 0 Å². The molecule has 0 aliphatic carbocycles. The summed E-state index contributed by atoms with van der Waals surface area (Å²) in [5.41, 5.74) is 3.54. The quantitative estimate of drug-likeness (QED) is 0.176. The summed E-state index contributed by atoms with van der Waals surface area (Å²) in [6.07, 6.45) is 0.0538. The highest BCUT2D eigenvalue weighted by Crippen LogP contribution is 2.36.